The Morgan fingerprint density at radius 3 is 2.44 bits per heavy atom. The third-order valence-electron chi connectivity index (χ3n) is 7.12. The van der Waals surface area contributed by atoms with Crippen molar-refractivity contribution >= 4 is 33.1 Å². The Kier molecular flexibility index (Phi) is 5.71. The van der Waals surface area contributed by atoms with Gasteiger partial charge in [0.15, 0.2) is 15.5 Å². The van der Waals surface area contributed by atoms with Crippen molar-refractivity contribution < 1.29 is 27.5 Å². The lowest BCUT2D eigenvalue weighted by Crippen LogP contribution is -2.47. The van der Waals surface area contributed by atoms with Gasteiger partial charge in [0.2, 0.25) is 5.91 Å². The second-order valence-corrected chi connectivity index (χ2v) is 11.3. The van der Waals surface area contributed by atoms with Crippen molar-refractivity contribution in [3.8, 4) is 11.1 Å². The Balaban J connectivity index is 1.65. The summed E-state index contributed by atoms with van der Waals surface area (Å²) in [6, 6.07) is 3.62. The standard InChI is InChI=1S/C23H25FN6O5S/c1-36(34,35)20-19(12-6-13-3-4-14(7-12)29(13)18(32)10-31)28-23-16(9-27-30(23)21(20)25)11-2-5-15(22(26)33)17(24)8-11/h2,5,8-9,12-14,31H,3-4,6-7,10,25H2,1H3,(H2,26,33)/t12?,13-,14+. The maximum Gasteiger partial charge on any atom is 0.251 e. The van der Waals surface area contributed by atoms with Crippen molar-refractivity contribution in [1.29, 1.82) is 0 Å². The molecule has 2 aliphatic heterocycles. The molecule has 4 heterocycles. The number of piperidine rings is 1. The topological polar surface area (TPSA) is 174 Å². The number of nitrogen functional groups attached to an aromatic ring is 1. The zero-order valence-corrected chi connectivity index (χ0v) is 20.2. The maximum absolute atomic E-state index is 14.5. The minimum absolute atomic E-state index is 0.112. The van der Waals surface area contributed by atoms with Gasteiger partial charge < -0.3 is 21.5 Å². The SMILES string of the molecule is CS(=O)(=O)c1c(C2C[C@H]3CC[C@@H](C2)N3C(=O)CO)nc2c(-c3ccc(C(N)=O)c(F)c3)cnn2c1N. The van der Waals surface area contributed by atoms with E-state index in [1.807, 2.05) is 0 Å². The molecule has 3 atom stereocenters. The van der Waals surface area contributed by atoms with E-state index >= 15 is 0 Å². The molecule has 2 fully saturated rings. The molecule has 2 saturated heterocycles. The summed E-state index contributed by atoms with van der Waals surface area (Å²) in [6.45, 7) is -0.576. The molecule has 190 valence electrons. The Hall–Kier alpha value is -3.58. The van der Waals surface area contributed by atoms with Gasteiger partial charge in [-0.2, -0.15) is 9.61 Å². The van der Waals surface area contributed by atoms with Crippen LogP contribution in [-0.4, -0.2) is 69.8 Å². The van der Waals surface area contributed by atoms with Crippen LogP contribution in [0.15, 0.2) is 29.3 Å². The molecule has 13 heteroatoms. The summed E-state index contributed by atoms with van der Waals surface area (Å²) in [5.41, 5.74) is 12.5. The smallest absolute Gasteiger partial charge is 0.251 e. The van der Waals surface area contributed by atoms with E-state index in [4.69, 9.17) is 16.5 Å². The number of halogens is 1. The maximum atomic E-state index is 14.5. The van der Waals surface area contributed by atoms with Crippen LogP contribution in [0.25, 0.3) is 16.8 Å². The minimum atomic E-state index is -3.81. The zero-order valence-electron chi connectivity index (χ0n) is 19.4. The number of primary amides is 1. The van der Waals surface area contributed by atoms with Crippen LogP contribution in [0.5, 0.6) is 0 Å². The molecule has 36 heavy (non-hydrogen) atoms. The lowest BCUT2D eigenvalue weighted by atomic mass is 9.87. The number of fused-ring (bicyclic) bond motifs is 3. The fraction of sp³-hybridized carbons (Fsp3) is 0.391. The summed E-state index contributed by atoms with van der Waals surface area (Å²) < 4.78 is 41.3. The van der Waals surface area contributed by atoms with E-state index in [-0.39, 0.29) is 51.5 Å². The largest absolute Gasteiger partial charge is 0.387 e. The zero-order chi connectivity index (χ0) is 25.9. The van der Waals surface area contributed by atoms with Crippen LogP contribution in [-0.2, 0) is 14.6 Å². The lowest BCUT2D eigenvalue weighted by Gasteiger charge is -2.39. The molecule has 3 aromatic rings. The molecule has 1 unspecified atom stereocenters. The molecule has 11 nitrogen and oxygen atoms in total. The third-order valence-corrected chi connectivity index (χ3v) is 8.28. The highest BCUT2D eigenvalue weighted by Crippen LogP contribution is 2.45. The molecule has 5 rings (SSSR count). The number of hydrogen-bond acceptors (Lipinski definition) is 8. The molecule has 0 radical (unpaired) electrons. The summed E-state index contributed by atoms with van der Waals surface area (Å²) in [4.78, 5) is 30.0. The predicted octanol–water partition coefficient (Wildman–Crippen LogP) is 0.849. The van der Waals surface area contributed by atoms with Crippen LogP contribution in [0.3, 0.4) is 0 Å². The molecule has 5 N–H and O–H groups in total. The average molecular weight is 517 g/mol. The number of rotatable bonds is 5. The van der Waals surface area contributed by atoms with Gasteiger partial charge in [-0.05, 0) is 43.4 Å². The van der Waals surface area contributed by atoms with Gasteiger partial charge >= 0.3 is 0 Å². The molecule has 2 aromatic heterocycles. The number of anilines is 1. The summed E-state index contributed by atoms with van der Waals surface area (Å²) in [7, 11) is -3.81. The van der Waals surface area contributed by atoms with Gasteiger partial charge in [0.05, 0.1) is 17.5 Å². The molecule has 2 amide bonds. The number of aliphatic hydroxyl groups excluding tert-OH is 1. The number of aromatic nitrogens is 3. The number of hydrogen-bond donors (Lipinski definition) is 3. The van der Waals surface area contributed by atoms with Gasteiger partial charge in [0, 0.05) is 29.8 Å². The monoisotopic (exact) mass is 516 g/mol. The van der Waals surface area contributed by atoms with E-state index in [1.54, 1.807) is 4.90 Å². The van der Waals surface area contributed by atoms with Gasteiger partial charge in [-0.3, -0.25) is 9.59 Å². The van der Waals surface area contributed by atoms with E-state index in [0.717, 1.165) is 25.2 Å². The first-order valence-electron chi connectivity index (χ1n) is 11.4. The van der Waals surface area contributed by atoms with E-state index in [1.165, 1.54) is 22.8 Å². The Bertz CT molecular complexity index is 1510. The molecular weight excluding hydrogens is 491 g/mol. The van der Waals surface area contributed by atoms with Crippen molar-refractivity contribution in [1.82, 2.24) is 19.5 Å². The number of nitrogens with zero attached hydrogens (tertiary/aromatic N) is 4. The van der Waals surface area contributed by atoms with Crippen LogP contribution in [0, 0.1) is 5.82 Å². The van der Waals surface area contributed by atoms with E-state index < -0.39 is 28.2 Å². The first-order chi connectivity index (χ1) is 17.0. The first kappa shape index (κ1) is 24.1. The van der Waals surface area contributed by atoms with Gasteiger partial charge in [0.25, 0.3) is 5.91 Å². The van der Waals surface area contributed by atoms with Crippen LogP contribution in [0.1, 0.15) is 47.7 Å². The lowest BCUT2D eigenvalue weighted by molar-refractivity contribution is -0.138. The Morgan fingerprint density at radius 2 is 1.89 bits per heavy atom. The van der Waals surface area contributed by atoms with Gasteiger partial charge in [0.1, 0.15) is 23.1 Å². The number of benzene rings is 1. The van der Waals surface area contributed by atoms with Crippen molar-refractivity contribution in [3.05, 3.63) is 41.5 Å². The average Bonchev–Trinajstić information content (AvgIpc) is 3.35. The summed E-state index contributed by atoms with van der Waals surface area (Å²) >= 11 is 0. The first-order valence-corrected chi connectivity index (χ1v) is 13.3. The van der Waals surface area contributed by atoms with E-state index in [0.29, 0.717) is 24.0 Å². The molecule has 0 spiro atoms. The number of nitrogens with two attached hydrogens (primary N) is 2. The normalized spacial score (nSPS) is 21.8. The van der Waals surface area contributed by atoms with Crippen LogP contribution in [0.2, 0.25) is 0 Å². The van der Waals surface area contributed by atoms with Crippen LogP contribution < -0.4 is 11.5 Å². The highest BCUT2D eigenvalue weighted by Gasteiger charge is 2.45. The number of carbonyl (C=O) groups is 2. The van der Waals surface area contributed by atoms with Crippen molar-refractivity contribution in [2.75, 3.05) is 18.6 Å². The molecule has 2 aliphatic rings. The molecule has 1 aromatic carbocycles. The second-order valence-electron chi connectivity index (χ2n) is 9.35. The fourth-order valence-electron chi connectivity index (χ4n) is 5.65. The van der Waals surface area contributed by atoms with Gasteiger partial charge in [-0.25, -0.2) is 17.8 Å². The molecule has 0 aliphatic carbocycles. The number of carbonyl (C=O) groups excluding carboxylic acids is 2. The number of amides is 2. The van der Waals surface area contributed by atoms with Crippen molar-refractivity contribution in [2.24, 2.45) is 5.73 Å². The van der Waals surface area contributed by atoms with Crippen molar-refractivity contribution in [3.63, 3.8) is 0 Å². The van der Waals surface area contributed by atoms with Crippen LogP contribution in [0.4, 0.5) is 10.2 Å². The summed E-state index contributed by atoms with van der Waals surface area (Å²) in [5.74, 6) is -2.47. The number of aliphatic hydroxyl groups is 1. The summed E-state index contributed by atoms with van der Waals surface area (Å²) in [5, 5.41) is 13.6. The second kappa shape index (κ2) is 8.52. The quantitative estimate of drug-likeness (QED) is 0.447. The number of sulfone groups is 1. The van der Waals surface area contributed by atoms with Crippen LogP contribution >= 0.6 is 0 Å². The summed E-state index contributed by atoms with van der Waals surface area (Å²) in [6.07, 6.45) is 4.90. The fourth-order valence-corrected chi connectivity index (χ4v) is 6.71. The molecule has 2 bridgehead atoms. The predicted molar refractivity (Wildman–Crippen MR) is 127 cm³/mol. The Labute approximate surface area is 205 Å². The third kappa shape index (κ3) is 3.78. The highest BCUT2D eigenvalue weighted by atomic mass is 32.2. The minimum Gasteiger partial charge on any atom is -0.387 e. The van der Waals surface area contributed by atoms with E-state index in [9.17, 15) is 27.5 Å². The molecule has 0 saturated carbocycles. The van der Waals surface area contributed by atoms with Crippen molar-refractivity contribution in [2.45, 2.75) is 48.6 Å². The van der Waals surface area contributed by atoms with Gasteiger partial charge in [-0.1, -0.05) is 6.07 Å². The highest BCUT2D eigenvalue weighted by molar-refractivity contribution is 7.91. The van der Waals surface area contributed by atoms with E-state index in [2.05, 4.69) is 5.10 Å². The Morgan fingerprint density at radius 1 is 1.22 bits per heavy atom. The molecular formula is C23H25FN6O5S. The van der Waals surface area contributed by atoms with Gasteiger partial charge in [-0.15, -0.1) is 0 Å².